The number of nitrogens with zero attached hydrogens (tertiary/aromatic N) is 2. The first-order valence-corrected chi connectivity index (χ1v) is 9.43. The summed E-state index contributed by atoms with van der Waals surface area (Å²) in [6, 6.07) is 10.5. The van der Waals surface area contributed by atoms with Gasteiger partial charge < -0.3 is 4.42 Å². The van der Waals surface area contributed by atoms with Crippen LogP contribution in [0.15, 0.2) is 47.0 Å². The van der Waals surface area contributed by atoms with Crippen molar-refractivity contribution in [3.8, 4) is 11.3 Å². The second-order valence-corrected chi connectivity index (χ2v) is 7.62. The monoisotopic (exact) mass is 389 g/mol. The van der Waals surface area contributed by atoms with Crippen LogP contribution < -0.4 is 4.57 Å². The van der Waals surface area contributed by atoms with E-state index in [2.05, 4.69) is 11.1 Å². The molecule has 0 aliphatic rings. The van der Waals surface area contributed by atoms with Crippen molar-refractivity contribution in [2.45, 2.75) is 20.8 Å². The average molecular weight is 389 g/mol. The van der Waals surface area contributed by atoms with Crippen LogP contribution in [0.3, 0.4) is 0 Å². The van der Waals surface area contributed by atoms with E-state index in [1.165, 1.54) is 6.07 Å². The Morgan fingerprint density at radius 3 is 2.38 bits per heavy atom. The highest BCUT2D eigenvalue weighted by atomic mass is 19.1. The summed E-state index contributed by atoms with van der Waals surface area (Å²) in [5.41, 5.74) is 5.21. The summed E-state index contributed by atoms with van der Waals surface area (Å²) in [6.07, 6.45) is 2.04. The number of aryl methyl sites for hydroxylation is 4. The second-order valence-electron chi connectivity index (χ2n) is 7.62. The van der Waals surface area contributed by atoms with Crippen LogP contribution in [0.4, 0.5) is 8.78 Å². The Kier molecular flexibility index (Phi) is 3.72. The standard InChI is InChI=1S/C24H19F2N2O/c1-12-10-18(28(4)11-14(12)3)19-13(2)9-17(25)21-20-15-7-5-6-8-16(15)23(26)27-24(20)29-22(19)21/h5-11H,1-4H3/q+1. The number of fused-ring (bicyclic) bond motifs is 5. The summed E-state index contributed by atoms with van der Waals surface area (Å²) in [7, 11) is 1.95. The van der Waals surface area contributed by atoms with Crippen LogP contribution in [0.1, 0.15) is 16.7 Å². The fraction of sp³-hybridized carbons (Fsp3) is 0.167. The van der Waals surface area contributed by atoms with E-state index in [1.54, 1.807) is 24.3 Å². The molecule has 5 heteroatoms. The predicted molar refractivity (Wildman–Crippen MR) is 110 cm³/mol. The number of furan rings is 1. The normalized spacial score (nSPS) is 11.8. The zero-order valence-corrected chi connectivity index (χ0v) is 16.6. The van der Waals surface area contributed by atoms with Gasteiger partial charge in [0, 0.05) is 17.0 Å². The molecule has 0 amide bonds. The molecule has 0 fully saturated rings. The van der Waals surface area contributed by atoms with Crippen molar-refractivity contribution in [2.24, 2.45) is 7.05 Å². The topological polar surface area (TPSA) is 29.9 Å². The van der Waals surface area contributed by atoms with E-state index >= 15 is 4.39 Å². The molecule has 2 aromatic carbocycles. The van der Waals surface area contributed by atoms with E-state index in [-0.39, 0.29) is 5.71 Å². The van der Waals surface area contributed by atoms with Crippen LogP contribution in [0, 0.1) is 32.5 Å². The second kappa shape index (κ2) is 6.08. The molecular weight excluding hydrogens is 370 g/mol. The zero-order chi connectivity index (χ0) is 20.4. The van der Waals surface area contributed by atoms with Crippen molar-refractivity contribution in [1.29, 1.82) is 0 Å². The number of rotatable bonds is 1. The molecule has 0 radical (unpaired) electrons. The number of halogens is 2. The fourth-order valence-corrected chi connectivity index (χ4v) is 4.15. The molecule has 0 N–H and O–H groups in total. The summed E-state index contributed by atoms with van der Waals surface area (Å²) < 4.78 is 37.7. The fourth-order valence-electron chi connectivity index (χ4n) is 4.15. The molecule has 3 heterocycles. The minimum Gasteiger partial charge on any atom is -0.437 e. The van der Waals surface area contributed by atoms with Crippen molar-refractivity contribution in [1.82, 2.24) is 4.98 Å². The van der Waals surface area contributed by atoms with Gasteiger partial charge >= 0.3 is 0 Å². The minimum atomic E-state index is -0.623. The molecule has 0 spiro atoms. The summed E-state index contributed by atoms with van der Waals surface area (Å²) >= 11 is 0. The van der Waals surface area contributed by atoms with Gasteiger partial charge in [-0.15, -0.1) is 0 Å². The first-order valence-electron chi connectivity index (χ1n) is 9.43. The first kappa shape index (κ1) is 17.7. The van der Waals surface area contributed by atoms with Gasteiger partial charge in [0.05, 0.1) is 16.3 Å². The molecule has 0 atom stereocenters. The zero-order valence-electron chi connectivity index (χ0n) is 16.6. The van der Waals surface area contributed by atoms with Gasteiger partial charge in [0.15, 0.2) is 11.8 Å². The minimum absolute atomic E-state index is 0.105. The lowest BCUT2D eigenvalue weighted by Gasteiger charge is -2.08. The molecule has 29 heavy (non-hydrogen) atoms. The van der Waals surface area contributed by atoms with Gasteiger partial charge in [0.1, 0.15) is 12.9 Å². The van der Waals surface area contributed by atoms with Gasteiger partial charge in [-0.1, -0.05) is 18.2 Å². The van der Waals surface area contributed by atoms with Crippen LogP contribution in [0.25, 0.3) is 44.1 Å². The first-order chi connectivity index (χ1) is 13.9. The van der Waals surface area contributed by atoms with Crippen molar-refractivity contribution in [3.05, 3.63) is 71.1 Å². The smallest absolute Gasteiger partial charge is 0.230 e. The summed E-state index contributed by atoms with van der Waals surface area (Å²) in [5.74, 6) is -1.02. The number of aromatic nitrogens is 2. The quantitative estimate of drug-likeness (QED) is 0.267. The molecule has 3 nitrogen and oxygen atoms in total. The van der Waals surface area contributed by atoms with Crippen molar-refractivity contribution in [2.75, 3.05) is 0 Å². The molecule has 3 aromatic heterocycles. The third kappa shape index (κ3) is 2.47. The van der Waals surface area contributed by atoms with Gasteiger partial charge in [-0.05, 0) is 49.4 Å². The molecule has 5 aromatic rings. The SMILES string of the molecule is Cc1cc(-c2c(C)cc(F)c3c2oc2nc(F)c4ccccc4c23)[n+](C)cc1C. The Morgan fingerprint density at radius 1 is 0.897 bits per heavy atom. The van der Waals surface area contributed by atoms with E-state index in [9.17, 15) is 4.39 Å². The molecular formula is C24H19F2N2O+. The Labute approximate surface area is 166 Å². The highest BCUT2D eigenvalue weighted by molar-refractivity contribution is 6.19. The van der Waals surface area contributed by atoms with Gasteiger partial charge in [-0.25, -0.2) is 8.96 Å². The van der Waals surface area contributed by atoms with Crippen LogP contribution in [-0.2, 0) is 7.05 Å². The maximum Gasteiger partial charge on any atom is 0.230 e. The Hall–Kier alpha value is -3.34. The number of benzene rings is 2. The lowest BCUT2D eigenvalue weighted by Crippen LogP contribution is -2.31. The molecule has 144 valence electrons. The third-order valence-electron chi connectivity index (χ3n) is 5.71. The van der Waals surface area contributed by atoms with Crippen LogP contribution in [-0.4, -0.2) is 4.98 Å². The molecule has 0 unspecified atom stereocenters. The Bertz CT molecular complexity index is 1470. The summed E-state index contributed by atoms with van der Waals surface area (Å²) in [4.78, 5) is 3.99. The summed E-state index contributed by atoms with van der Waals surface area (Å²) in [6.45, 7) is 5.94. The van der Waals surface area contributed by atoms with E-state index < -0.39 is 11.8 Å². The van der Waals surface area contributed by atoms with Crippen molar-refractivity contribution in [3.63, 3.8) is 0 Å². The van der Waals surface area contributed by atoms with E-state index in [0.717, 1.165) is 27.9 Å². The number of hydrogen-bond acceptors (Lipinski definition) is 2. The lowest BCUT2D eigenvalue weighted by atomic mass is 9.97. The predicted octanol–water partition coefficient (Wildman–Crippen LogP) is 5.83. The molecule has 0 saturated carbocycles. The molecule has 0 aliphatic heterocycles. The molecule has 0 aliphatic carbocycles. The van der Waals surface area contributed by atoms with E-state index in [0.29, 0.717) is 27.1 Å². The van der Waals surface area contributed by atoms with Gasteiger partial charge in [0.25, 0.3) is 0 Å². The third-order valence-corrected chi connectivity index (χ3v) is 5.71. The van der Waals surface area contributed by atoms with Crippen LogP contribution >= 0.6 is 0 Å². The maximum absolute atomic E-state index is 15.2. The van der Waals surface area contributed by atoms with Gasteiger partial charge in [-0.2, -0.15) is 9.37 Å². The highest BCUT2D eigenvalue weighted by Crippen LogP contribution is 2.41. The number of pyridine rings is 2. The largest absolute Gasteiger partial charge is 0.437 e. The number of hydrogen-bond donors (Lipinski definition) is 0. The van der Waals surface area contributed by atoms with Crippen molar-refractivity contribution >= 4 is 32.8 Å². The van der Waals surface area contributed by atoms with Gasteiger partial charge in [-0.3, -0.25) is 0 Å². The van der Waals surface area contributed by atoms with Gasteiger partial charge in [0.2, 0.25) is 17.4 Å². The Balaban J connectivity index is 2.01. The van der Waals surface area contributed by atoms with E-state index in [1.807, 2.05) is 38.6 Å². The van der Waals surface area contributed by atoms with Crippen LogP contribution in [0.2, 0.25) is 0 Å². The van der Waals surface area contributed by atoms with E-state index in [4.69, 9.17) is 4.42 Å². The Morgan fingerprint density at radius 2 is 1.62 bits per heavy atom. The summed E-state index contributed by atoms with van der Waals surface area (Å²) in [5, 5.41) is 1.78. The molecule has 0 bridgehead atoms. The van der Waals surface area contributed by atoms with Crippen LogP contribution in [0.5, 0.6) is 0 Å². The maximum atomic E-state index is 15.2. The lowest BCUT2D eigenvalue weighted by molar-refractivity contribution is -0.660. The average Bonchev–Trinajstić information content (AvgIpc) is 3.05. The highest BCUT2D eigenvalue weighted by Gasteiger charge is 2.26. The molecule has 0 saturated heterocycles. The van der Waals surface area contributed by atoms with Crippen molar-refractivity contribution < 1.29 is 17.8 Å². The molecule has 5 rings (SSSR count).